The van der Waals surface area contributed by atoms with Crippen molar-refractivity contribution in [1.29, 1.82) is 0 Å². The van der Waals surface area contributed by atoms with Crippen LogP contribution in [-0.2, 0) is 16.0 Å². The predicted molar refractivity (Wildman–Crippen MR) is 140 cm³/mol. The van der Waals surface area contributed by atoms with E-state index >= 15 is 0 Å². The molecule has 0 saturated heterocycles. The highest BCUT2D eigenvalue weighted by molar-refractivity contribution is 7.15. The number of rotatable bonds is 11. The summed E-state index contributed by atoms with van der Waals surface area (Å²) in [5.74, 6) is -0.179. The van der Waals surface area contributed by atoms with E-state index in [1.54, 1.807) is 0 Å². The van der Waals surface area contributed by atoms with E-state index in [9.17, 15) is 19.8 Å². The Kier molecular flexibility index (Phi) is 9.34. The Labute approximate surface area is 213 Å². The molecule has 0 aromatic carbocycles. The van der Waals surface area contributed by atoms with Gasteiger partial charge in [-0.15, -0.1) is 11.3 Å². The summed E-state index contributed by atoms with van der Waals surface area (Å²) in [4.78, 5) is 33.4. The van der Waals surface area contributed by atoms with Gasteiger partial charge in [-0.25, -0.2) is 4.98 Å². The molecule has 5 unspecified atom stereocenters. The van der Waals surface area contributed by atoms with E-state index in [4.69, 9.17) is 4.98 Å². The number of unbranched alkanes of at least 4 members (excludes halogenated alkanes) is 2. The van der Waals surface area contributed by atoms with Crippen LogP contribution in [0, 0.1) is 16.7 Å². The molecule has 0 bridgehead atoms. The van der Waals surface area contributed by atoms with Crippen LogP contribution in [0.2, 0.25) is 0 Å². The minimum atomic E-state index is -0.655. The number of likely N-dealkylation sites (N-methyl/N-ethyl adjacent to an activating group) is 1. The summed E-state index contributed by atoms with van der Waals surface area (Å²) in [5.41, 5.74) is -0.0474. The largest absolute Gasteiger partial charge is 0.396 e. The van der Waals surface area contributed by atoms with Crippen molar-refractivity contribution in [3.8, 4) is 0 Å². The molecule has 4 N–H and O–H groups in total. The number of carbonyl (C=O) groups excluding carboxylic acids is 2. The van der Waals surface area contributed by atoms with Crippen molar-refractivity contribution in [2.24, 2.45) is 16.7 Å². The second-order valence-electron chi connectivity index (χ2n) is 11.2. The van der Waals surface area contributed by atoms with Crippen LogP contribution >= 0.6 is 11.3 Å². The number of amides is 2. The lowest BCUT2D eigenvalue weighted by Gasteiger charge is -2.58. The molecule has 35 heavy (non-hydrogen) atoms. The van der Waals surface area contributed by atoms with E-state index in [-0.39, 0.29) is 35.7 Å². The molecule has 1 saturated carbocycles. The number of nitrogens with one attached hydrogen (secondary N) is 2. The molecule has 1 fully saturated rings. The monoisotopic (exact) mass is 508 g/mol. The number of nitrogens with zero attached hydrogens (tertiary/aromatic N) is 2. The van der Waals surface area contributed by atoms with E-state index in [1.165, 1.54) is 11.3 Å². The number of aromatic nitrogens is 1. The molecule has 5 atom stereocenters. The molecule has 1 heterocycles. The molecule has 8 nitrogen and oxygen atoms in total. The van der Waals surface area contributed by atoms with Gasteiger partial charge in [-0.1, -0.05) is 33.6 Å². The summed E-state index contributed by atoms with van der Waals surface area (Å²) in [6.07, 6.45) is 5.17. The molecule has 0 spiro atoms. The molecule has 1 aromatic heterocycles. The van der Waals surface area contributed by atoms with Crippen LogP contribution in [0.5, 0.6) is 0 Å². The van der Waals surface area contributed by atoms with Crippen LogP contribution in [0.3, 0.4) is 0 Å². The molecular formula is C26H44N4O4S. The number of hydrogen-bond acceptors (Lipinski definition) is 7. The van der Waals surface area contributed by atoms with Crippen molar-refractivity contribution >= 4 is 28.3 Å². The van der Waals surface area contributed by atoms with Crippen LogP contribution in [0.25, 0.3) is 0 Å². The first-order valence-electron chi connectivity index (χ1n) is 13.0. The molecule has 0 aliphatic heterocycles. The molecule has 9 heteroatoms. The molecule has 2 amide bonds. The summed E-state index contributed by atoms with van der Waals surface area (Å²) < 4.78 is 0. The quantitative estimate of drug-likeness (QED) is 0.342. The number of aliphatic hydroxyl groups excluding tert-OH is 2. The van der Waals surface area contributed by atoms with Gasteiger partial charge in [0.05, 0.1) is 18.4 Å². The Morgan fingerprint density at radius 1 is 1.23 bits per heavy atom. The summed E-state index contributed by atoms with van der Waals surface area (Å²) in [5, 5.41) is 27.9. The second kappa shape index (κ2) is 11.7. The van der Waals surface area contributed by atoms with Gasteiger partial charge in [0.1, 0.15) is 0 Å². The van der Waals surface area contributed by atoms with Gasteiger partial charge < -0.3 is 25.7 Å². The zero-order valence-electron chi connectivity index (χ0n) is 22.0. The van der Waals surface area contributed by atoms with E-state index in [1.807, 2.05) is 25.9 Å². The van der Waals surface area contributed by atoms with Gasteiger partial charge in [-0.2, -0.15) is 0 Å². The minimum absolute atomic E-state index is 0.00406. The summed E-state index contributed by atoms with van der Waals surface area (Å²) in [6, 6.07) is 0. The van der Waals surface area contributed by atoms with Crippen molar-refractivity contribution in [2.45, 2.75) is 84.2 Å². The lowest BCUT2D eigenvalue weighted by molar-refractivity contribution is -0.144. The number of carbonyl (C=O) groups is 2. The Morgan fingerprint density at radius 3 is 2.63 bits per heavy atom. The second-order valence-corrected chi connectivity index (χ2v) is 12.3. The maximum Gasteiger partial charge on any atom is 0.226 e. The molecule has 1 aromatic rings. The molecule has 0 radical (unpaired) electrons. The Morgan fingerprint density at radius 2 is 1.97 bits per heavy atom. The van der Waals surface area contributed by atoms with Crippen LogP contribution in [-0.4, -0.2) is 71.8 Å². The average Bonchev–Trinajstić information content (AvgIpc) is 3.19. The molecule has 198 valence electrons. The molecule has 3 rings (SSSR count). The van der Waals surface area contributed by atoms with E-state index < -0.39 is 11.5 Å². The minimum Gasteiger partial charge on any atom is -0.396 e. The normalized spacial score (nSPS) is 30.0. The Hall–Kier alpha value is -1.55. The van der Waals surface area contributed by atoms with Crippen LogP contribution in [0.4, 0.5) is 5.13 Å². The fourth-order valence-corrected chi connectivity index (χ4v) is 7.18. The van der Waals surface area contributed by atoms with Crippen molar-refractivity contribution < 1.29 is 19.8 Å². The van der Waals surface area contributed by atoms with Gasteiger partial charge >= 0.3 is 0 Å². The summed E-state index contributed by atoms with van der Waals surface area (Å²) in [7, 11) is 3.95. The van der Waals surface area contributed by atoms with Crippen molar-refractivity contribution in [1.82, 2.24) is 15.2 Å². The number of fused-ring (bicyclic) bond motifs is 2. The van der Waals surface area contributed by atoms with Crippen LogP contribution in [0.15, 0.2) is 0 Å². The zero-order valence-corrected chi connectivity index (χ0v) is 22.8. The van der Waals surface area contributed by atoms with Crippen molar-refractivity contribution in [3.05, 3.63) is 10.6 Å². The molecule has 2 aliphatic rings. The highest BCUT2D eigenvalue weighted by Crippen LogP contribution is 2.62. The topological polar surface area (TPSA) is 115 Å². The van der Waals surface area contributed by atoms with Gasteiger partial charge in [0, 0.05) is 42.1 Å². The van der Waals surface area contributed by atoms with Gasteiger partial charge in [0.15, 0.2) is 5.13 Å². The third-order valence-electron chi connectivity index (χ3n) is 8.42. The van der Waals surface area contributed by atoms with Gasteiger partial charge in [-0.05, 0) is 51.1 Å². The highest BCUT2D eigenvalue weighted by atomic mass is 32.1. The zero-order chi connectivity index (χ0) is 25.8. The third-order valence-corrected chi connectivity index (χ3v) is 9.43. The Balaban J connectivity index is 1.89. The van der Waals surface area contributed by atoms with Crippen molar-refractivity contribution in [3.63, 3.8) is 0 Å². The van der Waals surface area contributed by atoms with E-state index in [0.717, 1.165) is 42.8 Å². The Bertz CT molecular complexity index is 891. The standard InChI is InChI=1S/C26H44N4O4S/c1-6-7-8-9-21(33)28-24-29-23-17(14-22(34)27-12-13-30(4)5)25(2)11-10-20(32)26(3,16-31)19(25)15-18(23)35-24/h17,19-20,31-32H,6-16H2,1-5H3,(H,27,34)(H,28,29,33). The van der Waals surface area contributed by atoms with Gasteiger partial charge in [0.2, 0.25) is 11.8 Å². The number of anilines is 1. The lowest BCUT2D eigenvalue weighted by atomic mass is 9.47. The van der Waals surface area contributed by atoms with E-state index in [2.05, 4.69) is 24.5 Å². The smallest absolute Gasteiger partial charge is 0.226 e. The van der Waals surface area contributed by atoms with Gasteiger partial charge in [0.25, 0.3) is 0 Å². The first-order valence-corrected chi connectivity index (χ1v) is 13.9. The van der Waals surface area contributed by atoms with Crippen LogP contribution in [0.1, 0.15) is 82.2 Å². The van der Waals surface area contributed by atoms with Crippen LogP contribution < -0.4 is 10.6 Å². The molecular weight excluding hydrogens is 464 g/mol. The maximum absolute atomic E-state index is 13.0. The summed E-state index contributed by atoms with van der Waals surface area (Å²) in [6.45, 7) is 7.51. The first-order chi connectivity index (χ1) is 16.5. The van der Waals surface area contributed by atoms with Gasteiger partial charge in [-0.3, -0.25) is 9.59 Å². The molecule has 2 aliphatic carbocycles. The predicted octanol–water partition coefficient (Wildman–Crippen LogP) is 3.15. The fourth-order valence-electron chi connectivity index (χ4n) is 6.09. The number of hydrogen-bond donors (Lipinski definition) is 4. The third kappa shape index (κ3) is 6.06. The fraction of sp³-hybridized carbons (Fsp3) is 0.808. The first kappa shape index (κ1) is 28.0. The highest BCUT2D eigenvalue weighted by Gasteiger charge is 2.59. The maximum atomic E-state index is 13.0. The average molecular weight is 509 g/mol. The number of aliphatic hydroxyl groups is 2. The lowest BCUT2D eigenvalue weighted by Crippen LogP contribution is -2.57. The number of thiazole rings is 1. The summed E-state index contributed by atoms with van der Waals surface area (Å²) >= 11 is 1.48. The SMILES string of the molecule is CCCCCC(=O)Nc1nc2c(s1)CC1C(C)(CO)C(O)CCC1(C)C2CC(=O)NCCN(C)C. The van der Waals surface area contributed by atoms with Crippen molar-refractivity contribution in [2.75, 3.05) is 39.1 Å². The van der Waals surface area contributed by atoms with E-state index in [0.29, 0.717) is 37.4 Å².